The minimum atomic E-state index is -4.15. The molecule has 0 heterocycles. The summed E-state index contributed by atoms with van der Waals surface area (Å²) in [5.41, 5.74) is 6.07. The first-order valence-corrected chi connectivity index (χ1v) is 5.97. The highest BCUT2D eigenvalue weighted by molar-refractivity contribution is 7.85. The van der Waals surface area contributed by atoms with Gasteiger partial charge >= 0.3 is 0 Å². The number of nitrogens with two attached hydrogens (primary N) is 1. The summed E-state index contributed by atoms with van der Waals surface area (Å²) in [4.78, 5) is 0. The Hall–Kier alpha value is -1.27. The van der Waals surface area contributed by atoms with Gasteiger partial charge in [-0.1, -0.05) is 12.1 Å². The van der Waals surface area contributed by atoms with Crippen molar-refractivity contribution in [1.82, 2.24) is 0 Å². The molecule has 0 spiro atoms. The Labute approximate surface area is 88.6 Å². The molecule has 6 heteroatoms. The summed E-state index contributed by atoms with van der Waals surface area (Å²) < 4.78 is 36.0. The summed E-state index contributed by atoms with van der Waals surface area (Å²) in [6, 6.07) is 6.89. The van der Waals surface area contributed by atoms with Crippen molar-refractivity contribution in [3.05, 3.63) is 24.3 Å². The minimum absolute atomic E-state index is 0.162. The fourth-order valence-electron chi connectivity index (χ4n) is 1.03. The van der Waals surface area contributed by atoms with Crippen molar-refractivity contribution < 1.29 is 17.7 Å². The molecule has 0 atom stereocenters. The van der Waals surface area contributed by atoms with Gasteiger partial charge in [0.15, 0.2) is 0 Å². The highest BCUT2D eigenvalue weighted by Gasteiger charge is 1.99. The molecule has 0 amide bonds. The van der Waals surface area contributed by atoms with E-state index >= 15 is 0 Å². The lowest BCUT2D eigenvalue weighted by atomic mass is 10.3. The molecule has 0 saturated carbocycles. The molecule has 0 aliphatic heterocycles. The lowest BCUT2D eigenvalue weighted by Crippen LogP contribution is -2.09. The van der Waals surface area contributed by atoms with Gasteiger partial charge in [0, 0.05) is 5.75 Å². The number of hydrogen-bond donors (Lipinski definition) is 1. The first kappa shape index (κ1) is 11.8. The van der Waals surface area contributed by atoms with Crippen molar-refractivity contribution in [3.8, 4) is 5.75 Å². The van der Waals surface area contributed by atoms with Gasteiger partial charge in [0.05, 0.1) is 22.4 Å². The van der Waals surface area contributed by atoms with Gasteiger partial charge in [-0.2, -0.15) is 0 Å². The molecule has 15 heavy (non-hydrogen) atoms. The van der Waals surface area contributed by atoms with E-state index < -0.39 is 15.9 Å². The second-order valence-electron chi connectivity index (χ2n) is 3.00. The summed E-state index contributed by atoms with van der Waals surface area (Å²) in [7, 11) is -4.15. The van der Waals surface area contributed by atoms with E-state index in [0.717, 1.165) is 0 Å². The van der Waals surface area contributed by atoms with Crippen LogP contribution in [0.3, 0.4) is 0 Å². The number of rotatable bonds is 5. The third-order valence-electron chi connectivity index (χ3n) is 1.72. The van der Waals surface area contributed by atoms with Gasteiger partial charge in [0.1, 0.15) is 5.75 Å². The maximum absolute atomic E-state index is 10.3. The van der Waals surface area contributed by atoms with Crippen LogP contribution in [0.25, 0.3) is 0 Å². The maximum Gasteiger partial charge on any atom is 0.142 e. The van der Waals surface area contributed by atoms with Gasteiger partial charge in [-0.25, -0.2) is 8.42 Å². The number of anilines is 1. The SMILES string of the molecule is Nc1ccccc1OCCCS(=O)(=O)[O-]. The van der Waals surface area contributed by atoms with Crippen molar-refractivity contribution in [2.45, 2.75) is 6.42 Å². The van der Waals surface area contributed by atoms with E-state index in [2.05, 4.69) is 0 Å². The predicted octanol–water partition coefficient (Wildman–Crippen LogP) is 0.583. The molecule has 5 nitrogen and oxygen atoms in total. The summed E-state index contributed by atoms with van der Waals surface area (Å²) in [6.45, 7) is 0.162. The van der Waals surface area contributed by atoms with E-state index in [4.69, 9.17) is 10.5 Å². The van der Waals surface area contributed by atoms with Gasteiger partial charge in [-0.05, 0) is 18.6 Å². The quantitative estimate of drug-likeness (QED) is 0.454. The van der Waals surface area contributed by atoms with E-state index in [1.165, 1.54) is 0 Å². The molecule has 1 aromatic carbocycles. The van der Waals surface area contributed by atoms with Crippen molar-refractivity contribution in [1.29, 1.82) is 0 Å². The van der Waals surface area contributed by atoms with Crippen LogP contribution in [0.2, 0.25) is 0 Å². The fourth-order valence-corrected chi connectivity index (χ4v) is 1.50. The van der Waals surface area contributed by atoms with E-state index in [9.17, 15) is 13.0 Å². The Morgan fingerprint density at radius 3 is 2.60 bits per heavy atom. The van der Waals surface area contributed by atoms with E-state index in [0.29, 0.717) is 11.4 Å². The van der Waals surface area contributed by atoms with Gasteiger partial charge in [0.25, 0.3) is 0 Å². The Morgan fingerprint density at radius 1 is 1.33 bits per heavy atom. The average Bonchev–Trinajstić information content (AvgIpc) is 2.13. The van der Waals surface area contributed by atoms with Crippen LogP contribution < -0.4 is 10.5 Å². The largest absolute Gasteiger partial charge is 0.748 e. The van der Waals surface area contributed by atoms with Crippen LogP contribution in [0.5, 0.6) is 5.75 Å². The zero-order valence-corrected chi connectivity index (χ0v) is 8.87. The molecular formula is C9H12NO4S-. The first-order chi connectivity index (χ1) is 6.99. The van der Waals surface area contributed by atoms with Crippen LogP contribution in [0.15, 0.2) is 24.3 Å². The maximum atomic E-state index is 10.3. The van der Waals surface area contributed by atoms with E-state index in [1.54, 1.807) is 24.3 Å². The molecule has 2 N–H and O–H groups in total. The third-order valence-corrected chi connectivity index (χ3v) is 2.50. The number of benzene rings is 1. The molecule has 0 radical (unpaired) electrons. The van der Waals surface area contributed by atoms with Gasteiger partial charge < -0.3 is 15.0 Å². The number of ether oxygens (including phenoxy) is 1. The molecule has 84 valence electrons. The topological polar surface area (TPSA) is 92.5 Å². The van der Waals surface area contributed by atoms with E-state index in [1.807, 2.05) is 0 Å². The Bertz CT molecular complexity index is 416. The molecule has 0 aliphatic carbocycles. The molecule has 0 fully saturated rings. The molecule has 0 saturated heterocycles. The molecule has 0 unspecified atom stereocenters. The third kappa shape index (κ3) is 4.66. The summed E-state index contributed by atoms with van der Waals surface area (Å²) >= 11 is 0. The average molecular weight is 230 g/mol. The molecule has 1 rings (SSSR count). The summed E-state index contributed by atoms with van der Waals surface area (Å²) in [5.74, 6) is 0.0838. The zero-order valence-electron chi connectivity index (χ0n) is 8.05. The fraction of sp³-hybridized carbons (Fsp3) is 0.333. The normalized spacial score (nSPS) is 11.3. The smallest absolute Gasteiger partial charge is 0.142 e. The highest BCUT2D eigenvalue weighted by atomic mass is 32.2. The van der Waals surface area contributed by atoms with Crippen molar-refractivity contribution in [3.63, 3.8) is 0 Å². The predicted molar refractivity (Wildman–Crippen MR) is 55.5 cm³/mol. The molecule has 0 bridgehead atoms. The standard InChI is InChI=1S/C9H13NO4S/c10-8-4-1-2-5-9(8)14-6-3-7-15(11,12)13/h1-2,4-5H,3,6-7,10H2,(H,11,12,13)/p-1. The second-order valence-corrected chi connectivity index (χ2v) is 4.53. The first-order valence-electron chi connectivity index (χ1n) is 4.40. The summed E-state index contributed by atoms with van der Waals surface area (Å²) in [5, 5.41) is 0. The van der Waals surface area contributed by atoms with Crippen molar-refractivity contribution >= 4 is 15.8 Å². The Kier molecular flexibility index (Phi) is 3.93. The second kappa shape index (κ2) is 4.99. The molecule has 0 aliphatic rings. The van der Waals surface area contributed by atoms with Crippen LogP contribution in [0.1, 0.15) is 6.42 Å². The Morgan fingerprint density at radius 2 is 2.00 bits per heavy atom. The van der Waals surface area contributed by atoms with Gasteiger partial charge in [0.2, 0.25) is 0 Å². The number of para-hydroxylation sites is 2. The van der Waals surface area contributed by atoms with Crippen molar-refractivity contribution in [2.24, 2.45) is 0 Å². The van der Waals surface area contributed by atoms with Crippen LogP contribution in [0.4, 0.5) is 5.69 Å². The monoisotopic (exact) mass is 230 g/mol. The zero-order chi connectivity index (χ0) is 11.3. The van der Waals surface area contributed by atoms with Gasteiger partial charge in [-0.3, -0.25) is 0 Å². The number of hydrogen-bond acceptors (Lipinski definition) is 5. The van der Waals surface area contributed by atoms with Crippen LogP contribution >= 0.6 is 0 Å². The van der Waals surface area contributed by atoms with Crippen LogP contribution in [-0.4, -0.2) is 25.3 Å². The highest BCUT2D eigenvalue weighted by Crippen LogP contribution is 2.19. The van der Waals surface area contributed by atoms with Gasteiger partial charge in [-0.15, -0.1) is 0 Å². The minimum Gasteiger partial charge on any atom is -0.748 e. The molecule has 0 aromatic heterocycles. The lowest BCUT2D eigenvalue weighted by Gasteiger charge is -2.09. The van der Waals surface area contributed by atoms with Crippen LogP contribution in [-0.2, 0) is 10.1 Å². The molecular weight excluding hydrogens is 218 g/mol. The molecule has 1 aromatic rings. The number of nitrogen functional groups attached to an aromatic ring is 1. The van der Waals surface area contributed by atoms with Crippen LogP contribution in [0, 0.1) is 0 Å². The van der Waals surface area contributed by atoms with E-state index in [-0.39, 0.29) is 13.0 Å². The lowest BCUT2D eigenvalue weighted by molar-refractivity contribution is 0.317. The summed E-state index contributed by atoms with van der Waals surface area (Å²) in [6.07, 6.45) is 0.167. The van der Waals surface area contributed by atoms with Crippen molar-refractivity contribution in [2.75, 3.05) is 18.1 Å². The Balaban J connectivity index is 2.36.